The Labute approximate surface area is 93.6 Å². The van der Waals surface area contributed by atoms with Gasteiger partial charge in [0.2, 0.25) is 0 Å². The first kappa shape index (κ1) is 11.2. The first-order valence-corrected chi connectivity index (χ1v) is 6.46. The van der Waals surface area contributed by atoms with Crippen LogP contribution in [0.5, 0.6) is 0 Å². The summed E-state index contributed by atoms with van der Waals surface area (Å²) in [6, 6.07) is 0. The molecule has 0 saturated heterocycles. The molecule has 2 aliphatic rings. The SMILES string of the molecule is CC[C@@H]1C2[C@@H](O)CCCC2(C)C=C[C@@H]1C. The molecule has 2 unspecified atom stereocenters. The first-order chi connectivity index (χ1) is 7.08. The van der Waals surface area contributed by atoms with Crippen LogP contribution in [0.3, 0.4) is 0 Å². The third kappa shape index (κ3) is 1.75. The smallest absolute Gasteiger partial charge is 0.0579 e. The second-order valence-electron chi connectivity index (χ2n) is 5.78. The highest BCUT2D eigenvalue weighted by molar-refractivity contribution is 5.13. The van der Waals surface area contributed by atoms with E-state index in [2.05, 4.69) is 32.9 Å². The van der Waals surface area contributed by atoms with Crippen LogP contribution in [-0.2, 0) is 0 Å². The predicted molar refractivity (Wildman–Crippen MR) is 63.5 cm³/mol. The van der Waals surface area contributed by atoms with Crippen molar-refractivity contribution in [3.8, 4) is 0 Å². The van der Waals surface area contributed by atoms with Gasteiger partial charge < -0.3 is 5.11 Å². The van der Waals surface area contributed by atoms with E-state index in [-0.39, 0.29) is 11.5 Å². The molecule has 1 N–H and O–H groups in total. The van der Waals surface area contributed by atoms with Crippen LogP contribution in [-0.4, -0.2) is 11.2 Å². The summed E-state index contributed by atoms with van der Waals surface area (Å²) in [5.74, 6) is 1.81. The van der Waals surface area contributed by atoms with E-state index in [0.717, 1.165) is 6.42 Å². The molecule has 0 radical (unpaired) electrons. The van der Waals surface area contributed by atoms with E-state index < -0.39 is 0 Å². The zero-order chi connectivity index (χ0) is 11.1. The maximum Gasteiger partial charge on any atom is 0.0579 e. The van der Waals surface area contributed by atoms with E-state index in [4.69, 9.17) is 0 Å². The maximum atomic E-state index is 10.3. The van der Waals surface area contributed by atoms with Crippen LogP contribution in [0, 0.1) is 23.2 Å². The number of rotatable bonds is 1. The summed E-state index contributed by atoms with van der Waals surface area (Å²) >= 11 is 0. The molecule has 15 heavy (non-hydrogen) atoms. The molecule has 2 rings (SSSR count). The molecule has 1 heteroatoms. The molecule has 2 aliphatic carbocycles. The molecule has 0 aliphatic heterocycles. The summed E-state index contributed by atoms with van der Waals surface area (Å²) < 4.78 is 0. The van der Waals surface area contributed by atoms with Gasteiger partial charge in [0.1, 0.15) is 0 Å². The lowest BCUT2D eigenvalue weighted by molar-refractivity contribution is -0.0449. The predicted octanol–water partition coefficient (Wildman–Crippen LogP) is 3.39. The Morgan fingerprint density at radius 1 is 1.47 bits per heavy atom. The van der Waals surface area contributed by atoms with Gasteiger partial charge in [0.25, 0.3) is 0 Å². The summed E-state index contributed by atoms with van der Waals surface area (Å²) in [6.45, 7) is 6.90. The second kappa shape index (κ2) is 3.93. The van der Waals surface area contributed by atoms with Gasteiger partial charge in [0.05, 0.1) is 6.10 Å². The fourth-order valence-corrected chi connectivity index (χ4v) is 3.91. The Kier molecular flexibility index (Phi) is 2.94. The number of allylic oxidation sites excluding steroid dienone is 2. The van der Waals surface area contributed by atoms with E-state index >= 15 is 0 Å². The minimum absolute atomic E-state index is 0.0684. The third-order valence-electron chi connectivity index (χ3n) is 4.78. The molecule has 0 bridgehead atoms. The van der Waals surface area contributed by atoms with Gasteiger partial charge in [0.15, 0.2) is 0 Å². The highest BCUT2D eigenvalue weighted by atomic mass is 16.3. The second-order valence-corrected chi connectivity index (χ2v) is 5.78. The molecule has 0 aromatic rings. The van der Waals surface area contributed by atoms with E-state index in [9.17, 15) is 5.11 Å². The summed E-state index contributed by atoms with van der Waals surface area (Å²) in [7, 11) is 0. The van der Waals surface area contributed by atoms with Crippen molar-refractivity contribution in [1.29, 1.82) is 0 Å². The molecule has 1 fully saturated rings. The zero-order valence-corrected chi connectivity index (χ0v) is 10.2. The van der Waals surface area contributed by atoms with Gasteiger partial charge in [0, 0.05) is 0 Å². The zero-order valence-electron chi connectivity index (χ0n) is 10.2. The van der Waals surface area contributed by atoms with Gasteiger partial charge in [-0.15, -0.1) is 0 Å². The van der Waals surface area contributed by atoms with Crippen LogP contribution in [0.15, 0.2) is 12.2 Å². The van der Waals surface area contributed by atoms with E-state index in [1.54, 1.807) is 0 Å². The van der Waals surface area contributed by atoms with Gasteiger partial charge >= 0.3 is 0 Å². The van der Waals surface area contributed by atoms with Crippen molar-refractivity contribution in [3.05, 3.63) is 12.2 Å². The van der Waals surface area contributed by atoms with Gasteiger partial charge in [-0.25, -0.2) is 0 Å². The van der Waals surface area contributed by atoms with E-state index in [0.29, 0.717) is 17.8 Å². The summed E-state index contributed by atoms with van der Waals surface area (Å²) in [4.78, 5) is 0. The summed E-state index contributed by atoms with van der Waals surface area (Å²) in [6.07, 6.45) is 9.35. The number of fused-ring (bicyclic) bond motifs is 1. The van der Waals surface area contributed by atoms with Gasteiger partial charge in [-0.05, 0) is 36.0 Å². The standard InChI is InChI=1S/C14H24O/c1-4-11-10(2)7-9-14(3)8-5-6-12(15)13(11)14/h7,9-13,15H,4-6,8H2,1-3H3/t10-,11-,12-,13?,14?/m0/s1. The molecule has 5 atom stereocenters. The van der Waals surface area contributed by atoms with Crippen molar-refractivity contribution >= 4 is 0 Å². The Bertz CT molecular complexity index is 258. The molecule has 0 heterocycles. The van der Waals surface area contributed by atoms with Crippen LogP contribution >= 0.6 is 0 Å². The topological polar surface area (TPSA) is 20.2 Å². The molecular formula is C14H24O. The van der Waals surface area contributed by atoms with E-state index in [1.165, 1.54) is 19.3 Å². The molecule has 0 spiro atoms. The monoisotopic (exact) mass is 208 g/mol. The Hall–Kier alpha value is -0.300. The van der Waals surface area contributed by atoms with Crippen molar-refractivity contribution in [1.82, 2.24) is 0 Å². The molecule has 0 aromatic carbocycles. The average molecular weight is 208 g/mol. The van der Waals surface area contributed by atoms with Crippen LogP contribution < -0.4 is 0 Å². The highest BCUT2D eigenvalue weighted by Gasteiger charge is 2.46. The van der Waals surface area contributed by atoms with Crippen molar-refractivity contribution in [2.24, 2.45) is 23.2 Å². The van der Waals surface area contributed by atoms with Crippen LogP contribution in [0.25, 0.3) is 0 Å². The molecule has 1 saturated carbocycles. The number of aliphatic hydroxyl groups excluding tert-OH is 1. The fourth-order valence-electron chi connectivity index (χ4n) is 3.91. The molecular weight excluding hydrogens is 184 g/mol. The van der Waals surface area contributed by atoms with Crippen molar-refractivity contribution < 1.29 is 5.11 Å². The summed E-state index contributed by atoms with van der Waals surface area (Å²) in [5.41, 5.74) is 0.269. The summed E-state index contributed by atoms with van der Waals surface area (Å²) in [5, 5.41) is 10.3. The van der Waals surface area contributed by atoms with Crippen molar-refractivity contribution in [3.63, 3.8) is 0 Å². The molecule has 1 nitrogen and oxygen atoms in total. The molecule has 0 aromatic heterocycles. The number of hydrogen-bond acceptors (Lipinski definition) is 1. The number of hydrogen-bond donors (Lipinski definition) is 1. The van der Waals surface area contributed by atoms with Crippen LogP contribution in [0.2, 0.25) is 0 Å². The van der Waals surface area contributed by atoms with Crippen molar-refractivity contribution in [2.75, 3.05) is 0 Å². The molecule has 0 amide bonds. The Morgan fingerprint density at radius 3 is 2.87 bits per heavy atom. The Morgan fingerprint density at radius 2 is 2.20 bits per heavy atom. The molecule has 86 valence electrons. The quantitative estimate of drug-likeness (QED) is 0.655. The minimum Gasteiger partial charge on any atom is -0.393 e. The Balaban J connectivity index is 2.32. The van der Waals surface area contributed by atoms with Gasteiger partial charge in [-0.2, -0.15) is 0 Å². The number of aliphatic hydroxyl groups is 1. The normalized spacial score (nSPS) is 50.1. The third-order valence-corrected chi connectivity index (χ3v) is 4.78. The minimum atomic E-state index is -0.0684. The van der Waals surface area contributed by atoms with Crippen LogP contribution in [0.4, 0.5) is 0 Å². The van der Waals surface area contributed by atoms with Crippen LogP contribution in [0.1, 0.15) is 46.5 Å². The van der Waals surface area contributed by atoms with E-state index in [1.807, 2.05) is 0 Å². The fraction of sp³-hybridized carbons (Fsp3) is 0.857. The van der Waals surface area contributed by atoms with Gasteiger partial charge in [-0.1, -0.05) is 45.8 Å². The van der Waals surface area contributed by atoms with Gasteiger partial charge in [-0.3, -0.25) is 0 Å². The lowest BCUT2D eigenvalue weighted by Gasteiger charge is -2.50. The average Bonchev–Trinajstić information content (AvgIpc) is 2.20. The lowest BCUT2D eigenvalue weighted by Crippen LogP contribution is -2.47. The lowest BCUT2D eigenvalue weighted by atomic mass is 9.56. The van der Waals surface area contributed by atoms with Crippen molar-refractivity contribution in [2.45, 2.75) is 52.6 Å². The largest absolute Gasteiger partial charge is 0.393 e. The maximum absolute atomic E-state index is 10.3. The first-order valence-electron chi connectivity index (χ1n) is 6.46. The highest BCUT2D eigenvalue weighted by Crippen LogP contribution is 2.51.